The van der Waals surface area contributed by atoms with Gasteiger partial charge in [-0.15, -0.1) is 0 Å². The van der Waals surface area contributed by atoms with Gasteiger partial charge in [-0.25, -0.2) is 0 Å². The summed E-state index contributed by atoms with van der Waals surface area (Å²) >= 11 is 0. The molecule has 0 N–H and O–H groups in total. The molecule has 0 aromatic heterocycles. The Morgan fingerprint density at radius 3 is 0.467 bits per heavy atom. The standard InChI is InChI=1S/3Ba.3O3Si/c;;;3*1-4(2)3/q3*+2;3*-2. The summed E-state index contributed by atoms with van der Waals surface area (Å²) in [4.78, 5) is 51.1. The van der Waals surface area contributed by atoms with Crippen molar-refractivity contribution in [2.24, 2.45) is 0 Å². The third kappa shape index (κ3) is 335. The molecule has 15 heteroatoms. The number of hydrogen-bond acceptors (Lipinski definition) is 9. The summed E-state index contributed by atoms with van der Waals surface area (Å²) in [7, 11) is -10.9. The molecule has 0 aliphatic heterocycles. The molecule has 0 saturated heterocycles. The van der Waals surface area contributed by atoms with E-state index < -0.39 is 27.5 Å². The van der Waals surface area contributed by atoms with Crippen LogP contribution in [0.15, 0.2) is 0 Å². The van der Waals surface area contributed by atoms with E-state index in [-0.39, 0.29) is 147 Å². The summed E-state index contributed by atoms with van der Waals surface area (Å²) < 4.78 is 25.6. The fraction of sp³-hybridized carbons (Fsp3) is 0. The average Bonchev–Trinajstić information content (AvgIpc) is 1.54. The maximum Gasteiger partial charge on any atom is 2.00 e. The molecule has 15 heavy (non-hydrogen) atoms. The first kappa shape index (κ1) is 36.3. The molecule has 0 spiro atoms. The van der Waals surface area contributed by atoms with Crippen molar-refractivity contribution in [3.8, 4) is 0 Å². The van der Waals surface area contributed by atoms with E-state index in [9.17, 15) is 0 Å². The molecule has 0 radical (unpaired) electrons. The van der Waals surface area contributed by atoms with Crippen LogP contribution in [0.5, 0.6) is 0 Å². The van der Waals surface area contributed by atoms with Crippen molar-refractivity contribution in [1.29, 1.82) is 0 Å². The third-order valence-corrected chi connectivity index (χ3v) is 0. The molecule has 0 unspecified atom stereocenters. The minimum Gasteiger partial charge on any atom is -0.672 e. The van der Waals surface area contributed by atoms with E-state index in [2.05, 4.69) is 0 Å². The van der Waals surface area contributed by atoms with Gasteiger partial charge in [0.15, 0.2) is 0 Å². The largest absolute Gasteiger partial charge is 2.00 e. The maximum absolute atomic E-state index is 8.52. The van der Waals surface area contributed by atoms with Gasteiger partial charge in [-0.1, -0.05) is 0 Å². The minimum absolute atomic E-state index is 0. The molecular weight excluding hydrogens is 640 g/mol. The second-order valence-electron chi connectivity index (χ2n) is 0.750. The van der Waals surface area contributed by atoms with Gasteiger partial charge in [-0.3, -0.25) is 0 Å². The van der Waals surface area contributed by atoms with Gasteiger partial charge in [0.05, 0.1) is 0 Å². The van der Waals surface area contributed by atoms with Gasteiger partial charge in [0, 0.05) is 27.5 Å². The Balaban J connectivity index is -0.0000000184. The Hall–Kier alpha value is 3.56. The van der Waals surface area contributed by atoms with Crippen LogP contribution >= 0.6 is 0 Å². The zero-order chi connectivity index (χ0) is 10.7. The van der Waals surface area contributed by atoms with Crippen molar-refractivity contribution < 1.29 is 42.2 Å². The van der Waals surface area contributed by atoms with E-state index >= 15 is 0 Å². The van der Waals surface area contributed by atoms with E-state index in [1.165, 1.54) is 0 Å². The second-order valence-corrected chi connectivity index (χ2v) is 2.25. The minimum atomic E-state index is -3.63. The first-order valence-electron chi connectivity index (χ1n) is 1.84. The van der Waals surface area contributed by atoms with Crippen molar-refractivity contribution in [3.63, 3.8) is 0 Å². The van der Waals surface area contributed by atoms with Crippen LogP contribution in [0.2, 0.25) is 0 Å². The molecule has 0 bridgehead atoms. The smallest absolute Gasteiger partial charge is 0.672 e. The van der Waals surface area contributed by atoms with Crippen LogP contribution < -0.4 is 28.8 Å². The van der Waals surface area contributed by atoms with Crippen molar-refractivity contribution in [3.05, 3.63) is 0 Å². The number of rotatable bonds is 0. The Labute approximate surface area is 210 Å². The summed E-state index contributed by atoms with van der Waals surface area (Å²) in [6, 6.07) is 0. The summed E-state index contributed by atoms with van der Waals surface area (Å²) in [6.07, 6.45) is 0. The van der Waals surface area contributed by atoms with Crippen LogP contribution in [0.3, 0.4) is 0 Å². The van der Waals surface area contributed by atoms with Gasteiger partial charge in [0.1, 0.15) is 0 Å². The molecular formula is Ba3O9Si3. The van der Waals surface area contributed by atoms with Crippen LogP contribution in [0, 0.1) is 0 Å². The van der Waals surface area contributed by atoms with Gasteiger partial charge in [0.2, 0.25) is 0 Å². The zero-order valence-corrected chi connectivity index (χ0v) is 23.6. The quantitative estimate of drug-likeness (QED) is 0.232. The van der Waals surface area contributed by atoms with Gasteiger partial charge in [0.25, 0.3) is 0 Å². The third-order valence-electron chi connectivity index (χ3n) is 0. The fourth-order valence-corrected chi connectivity index (χ4v) is 0. The van der Waals surface area contributed by atoms with Crippen LogP contribution in [0.25, 0.3) is 0 Å². The van der Waals surface area contributed by atoms with E-state index in [0.29, 0.717) is 0 Å². The average molecular weight is 640 g/mol. The maximum atomic E-state index is 8.52. The molecule has 72 valence electrons. The zero-order valence-electron chi connectivity index (χ0n) is 7.30. The fourth-order valence-electron chi connectivity index (χ4n) is 0. The van der Waals surface area contributed by atoms with Gasteiger partial charge >= 0.3 is 147 Å². The van der Waals surface area contributed by atoms with E-state index in [1.54, 1.807) is 0 Å². The van der Waals surface area contributed by atoms with Crippen molar-refractivity contribution in [1.82, 2.24) is 0 Å². The molecule has 0 fully saturated rings. The molecule has 9 nitrogen and oxygen atoms in total. The molecule has 0 saturated carbocycles. The molecule has 0 aliphatic carbocycles. The Morgan fingerprint density at radius 2 is 0.467 bits per heavy atom. The summed E-state index contributed by atoms with van der Waals surface area (Å²) in [5.74, 6) is 0. The predicted octanol–water partition coefficient (Wildman–Crippen LogP) is -9.78. The SMILES string of the molecule is O=[Si]([O-])[O-].O=[Si]([O-])[O-].O=[Si]([O-])[O-].[Ba+2].[Ba+2].[Ba+2]. The number of hydrogen-bond donors (Lipinski definition) is 0. The molecule has 0 aromatic rings. The van der Waals surface area contributed by atoms with E-state index in [1.807, 2.05) is 0 Å². The van der Waals surface area contributed by atoms with Crippen LogP contribution in [0.4, 0.5) is 0 Å². The topological polar surface area (TPSA) is 190 Å². The summed E-state index contributed by atoms with van der Waals surface area (Å²) in [6.45, 7) is 0. The molecule has 0 heterocycles. The summed E-state index contributed by atoms with van der Waals surface area (Å²) in [5.41, 5.74) is 0. The molecule has 0 rings (SSSR count). The van der Waals surface area contributed by atoms with Gasteiger partial charge in [-0.05, 0) is 0 Å². The molecule has 0 atom stereocenters. The molecule has 0 aliphatic rings. The van der Waals surface area contributed by atoms with E-state index in [0.717, 1.165) is 0 Å². The van der Waals surface area contributed by atoms with Crippen molar-refractivity contribution in [2.75, 3.05) is 0 Å². The van der Waals surface area contributed by atoms with Crippen LogP contribution in [0.1, 0.15) is 0 Å². The normalized spacial score (nSPS) is 4.80. The van der Waals surface area contributed by atoms with Gasteiger partial charge in [-0.2, -0.15) is 0 Å². The Morgan fingerprint density at radius 1 is 0.467 bits per heavy atom. The molecule has 0 amide bonds. The Kier molecular flexibility index (Phi) is 73.8. The van der Waals surface area contributed by atoms with Crippen LogP contribution in [-0.2, 0) is 13.4 Å². The van der Waals surface area contributed by atoms with E-state index in [4.69, 9.17) is 42.2 Å². The van der Waals surface area contributed by atoms with Gasteiger partial charge < -0.3 is 42.2 Å². The van der Waals surface area contributed by atoms with Crippen molar-refractivity contribution >= 4 is 174 Å². The first-order valence-corrected chi connectivity index (χ1v) is 5.51. The Bertz CT molecular complexity index is 118. The van der Waals surface area contributed by atoms with Crippen molar-refractivity contribution in [2.45, 2.75) is 0 Å². The van der Waals surface area contributed by atoms with Crippen LogP contribution in [-0.4, -0.2) is 174 Å². The monoisotopic (exact) mass is 642 g/mol. The predicted molar refractivity (Wildman–Crippen MR) is 36.6 cm³/mol. The first-order chi connectivity index (χ1) is 5.20. The molecule has 0 aromatic carbocycles. The summed E-state index contributed by atoms with van der Waals surface area (Å²) in [5, 5.41) is 0. The second kappa shape index (κ2) is 30.5.